The fourth-order valence-electron chi connectivity index (χ4n) is 1.83. The van der Waals surface area contributed by atoms with Gasteiger partial charge in [0.1, 0.15) is 11.4 Å². The molecule has 0 unspecified atom stereocenters. The van der Waals surface area contributed by atoms with E-state index in [9.17, 15) is 9.59 Å². The second kappa shape index (κ2) is 5.32. The van der Waals surface area contributed by atoms with Crippen molar-refractivity contribution in [2.45, 2.75) is 52.1 Å². The van der Waals surface area contributed by atoms with E-state index in [-0.39, 0.29) is 5.92 Å². The van der Waals surface area contributed by atoms with E-state index >= 15 is 0 Å². The highest BCUT2D eigenvalue weighted by Crippen LogP contribution is 2.20. The van der Waals surface area contributed by atoms with Crippen LogP contribution in [-0.4, -0.2) is 24.0 Å². The molecule has 0 spiro atoms. The van der Waals surface area contributed by atoms with E-state index in [1.165, 1.54) is 0 Å². The molecule has 16 heavy (non-hydrogen) atoms. The van der Waals surface area contributed by atoms with Gasteiger partial charge >= 0.3 is 6.09 Å². The quantitative estimate of drug-likeness (QED) is 0.787. The van der Waals surface area contributed by atoms with Crippen LogP contribution in [0.1, 0.15) is 46.5 Å². The Morgan fingerprint density at radius 1 is 1.50 bits per heavy atom. The van der Waals surface area contributed by atoms with Gasteiger partial charge in [0.25, 0.3) is 0 Å². The van der Waals surface area contributed by atoms with Crippen molar-refractivity contribution in [2.75, 3.05) is 6.54 Å². The minimum atomic E-state index is -0.466. The molecule has 0 aromatic rings. The molecule has 0 aromatic heterocycles. The number of ketones is 1. The van der Waals surface area contributed by atoms with Crippen molar-refractivity contribution in [2.24, 2.45) is 5.92 Å². The standard InChI is InChI=1S/C12H21NO3/c1-12(2,3)16-11(15)13-8-9-5-4-6-10(14)7-9/h9H,4-8H2,1-3H3,(H,13,15)/t9-/m1/s1. The smallest absolute Gasteiger partial charge is 0.407 e. The highest BCUT2D eigenvalue weighted by molar-refractivity contribution is 5.79. The summed E-state index contributed by atoms with van der Waals surface area (Å²) in [7, 11) is 0. The zero-order valence-electron chi connectivity index (χ0n) is 10.3. The maximum absolute atomic E-state index is 11.4. The van der Waals surface area contributed by atoms with Crippen molar-refractivity contribution in [1.82, 2.24) is 5.32 Å². The van der Waals surface area contributed by atoms with E-state index in [4.69, 9.17) is 4.74 Å². The molecule has 1 rings (SSSR count). The first-order chi connectivity index (χ1) is 7.37. The molecule has 0 bridgehead atoms. The van der Waals surface area contributed by atoms with Gasteiger partial charge in [-0.15, -0.1) is 0 Å². The zero-order chi connectivity index (χ0) is 12.2. The molecule has 0 heterocycles. The molecular formula is C12H21NO3. The number of hydrogen-bond acceptors (Lipinski definition) is 3. The van der Waals surface area contributed by atoms with Crippen LogP contribution in [0.4, 0.5) is 4.79 Å². The summed E-state index contributed by atoms with van der Waals surface area (Å²) in [5.74, 6) is 0.594. The molecule has 92 valence electrons. The van der Waals surface area contributed by atoms with Gasteiger partial charge < -0.3 is 10.1 Å². The highest BCUT2D eigenvalue weighted by Gasteiger charge is 2.21. The number of rotatable bonds is 2. The fourth-order valence-corrected chi connectivity index (χ4v) is 1.83. The molecule has 1 aliphatic carbocycles. The monoisotopic (exact) mass is 227 g/mol. The van der Waals surface area contributed by atoms with Crippen LogP contribution in [0.15, 0.2) is 0 Å². The summed E-state index contributed by atoms with van der Waals surface area (Å²) in [6, 6.07) is 0. The number of carbonyl (C=O) groups excluding carboxylic acids is 2. The number of ether oxygens (including phenoxy) is 1. The van der Waals surface area contributed by atoms with Crippen molar-refractivity contribution < 1.29 is 14.3 Å². The molecule has 1 fully saturated rings. The van der Waals surface area contributed by atoms with Crippen molar-refractivity contribution in [1.29, 1.82) is 0 Å². The Labute approximate surface area is 96.7 Å². The lowest BCUT2D eigenvalue weighted by atomic mass is 9.88. The van der Waals surface area contributed by atoms with Gasteiger partial charge in [0.05, 0.1) is 0 Å². The Hall–Kier alpha value is -1.06. The third-order valence-corrected chi connectivity index (χ3v) is 2.52. The van der Waals surface area contributed by atoms with Crippen LogP contribution in [-0.2, 0) is 9.53 Å². The molecule has 4 nitrogen and oxygen atoms in total. The van der Waals surface area contributed by atoms with E-state index in [1.807, 2.05) is 20.8 Å². The summed E-state index contributed by atoms with van der Waals surface area (Å²) < 4.78 is 5.12. The predicted molar refractivity (Wildman–Crippen MR) is 61.2 cm³/mol. The summed E-state index contributed by atoms with van der Waals surface area (Å²) in [4.78, 5) is 22.6. The summed E-state index contributed by atoms with van der Waals surface area (Å²) in [5, 5.41) is 2.72. The second-order valence-electron chi connectivity index (χ2n) is 5.38. The van der Waals surface area contributed by atoms with Crippen molar-refractivity contribution in [3.8, 4) is 0 Å². The number of amides is 1. The summed E-state index contributed by atoms with van der Waals surface area (Å²) in [5.41, 5.74) is -0.466. The maximum Gasteiger partial charge on any atom is 0.407 e. The second-order valence-corrected chi connectivity index (χ2v) is 5.38. The molecule has 1 aliphatic rings. The third-order valence-electron chi connectivity index (χ3n) is 2.52. The average molecular weight is 227 g/mol. The number of alkyl carbamates (subject to hydrolysis) is 1. The predicted octanol–water partition coefficient (Wildman–Crippen LogP) is 2.27. The molecule has 0 aliphatic heterocycles. The first-order valence-corrected chi connectivity index (χ1v) is 5.85. The Morgan fingerprint density at radius 3 is 2.75 bits per heavy atom. The van der Waals surface area contributed by atoms with Crippen molar-refractivity contribution in [3.63, 3.8) is 0 Å². The Bertz CT molecular complexity index is 268. The average Bonchev–Trinajstić information content (AvgIpc) is 2.12. The summed E-state index contributed by atoms with van der Waals surface area (Å²) in [6.07, 6.45) is 2.85. The lowest BCUT2D eigenvalue weighted by Crippen LogP contribution is -2.36. The van der Waals surface area contributed by atoms with Crippen molar-refractivity contribution in [3.05, 3.63) is 0 Å². The fraction of sp³-hybridized carbons (Fsp3) is 0.833. The largest absolute Gasteiger partial charge is 0.444 e. The van der Waals surface area contributed by atoms with Gasteiger partial charge in [-0.25, -0.2) is 4.79 Å². The Morgan fingerprint density at radius 2 is 2.19 bits per heavy atom. The first-order valence-electron chi connectivity index (χ1n) is 5.85. The van der Waals surface area contributed by atoms with Crippen LogP contribution in [0.5, 0.6) is 0 Å². The lowest BCUT2D eigenvalue weighted by molar-refractivity contribution is -0.121. The SMILES string of the molecule is CC(C)(C)OC(=O)NC[C@@H]1CCCC(=O)C1. The molecule has 1 N–H and O–H groups in total. The lowest BCUT2D eigenvalue weighted by Gasteiger charge is -2.23. The van der Waals surface area contributed by atoms with Crippen LogP contribution in [0.2, 0.25) is 0 Å². The van der Waals surface area contributed by atoms with E-state index in [0.29, 0.717) is 25.2 Å². The van der Waals surface area contributed by atoms with E-state index in [0.717, 1.165) is 12.8 Å². The van der Waals surface area contributed by atoms with Gasteiger partial charge in [0, 0.05) is 19.4 Å². The van der Waals surface area contributed by atoms with E-state index < -0.39 is 11.7 Å². The normalized spacial score (nSPS) is 21.7. The number of hydrogen-bond donors (Lipinski definition) is 1. The number of Topliss-reactive ketones (excluding diaryl/α,β-unsaturated/α-hetero) is 1. The van der Waals surface area contributed by atoms with Gasteiger partial charge in [0.2, 0.25) is 0 Å². The highest BCUT2D eigenvalue weighted by atomic mass is 16.6. The molecule has 4 heteroatoms. The molecular weight excluding hydrogens is 206 g/mol. The Balaban J connectivity index is 2.23. The minimum absolute atomic E-state index is 0.286. The number of carbonyl (C=O) groups is 2. The minimum Gasteiger partial charge on any atom is -0.444 e. The van der Waals surface area contributed by atoms with Gasteiger partial charge in [-0.1, -0.05) is 0 Å². The van der Waals surface area contributed by atoms with Gasteiger partial charge in [-0.3, -0.25) is 4.79 Å². The molecule has 0 saturated heterocycles. The zero-order valence-corrected chi connectivity index (χ0v) is 10.3. The van der Waals surface area contributed by atoms with Crippen LogP contribution in [0, 0.1) is 5.92 Å². The maximum atomic E-state index is 11.4. The van der Waals surface area contributed by atoms with Crippen LogP contribution in [0.3, 0.4) is 0 Å². The van der Waals surface area contributed by atoms with Gasteiger partial charge in [-0.05, 0) is 39.5 Å². The van der Waals surface area contributed by atoms with E-state index in [2.05, 4.69) is 5.32 Å². The first kappa shape index (κ1) is 13.0. The van der Waals surface area contributed by atoms with Crippen LogP contribution < -0.4 is 5.32 Å². The van der Waals surface area contributed by atoms with Gasteiger partial charge in [-0.2, -0.15) is 0 Å². The molecule has 1 amide bonds. The third kappa shape index (κ3) is 5.14. The van der Waals surface area contributed by atoms with Crippen molar-refractivity contribution >= 4 is 11.9 Å². The Kier molecular flexibility index (Phi) is 4.33. The summed E-state index contributed by atoms with van der Waals surface area (Å²) in [6.45, 7) is 6.03. The van der Waals surface area contributed by atoms with E-state index in [1.54, 1.807) is 0 Å². The topological polar surface area (TPSA) is 55.4 Å². The molecule has 1 atom stereocenters. The van der Waals surface area contributed by atoms with Crippen LogP contribution in [0.25, 0.3) is 0 Å². The molecule has 1 saturated carbocycles. The summed E-state index contributed by atoms with van der Waals surface area (Å²) >= 11 is 0. The number of nitrogens with one attached hydrogen (secondary N) is 1. The van der Waals surface area contributed by atoms with Crippen LogP contribution >= 0.6 is 0 Å². The molecule has 0 radical (unpaired) electrons. The van der Waals surface area contributed by atoms with Gasteiger partial charge in [0.15, 0.2) is 0 Å². The molecule has 0 aromatic carbocycles.